The normalized spacial score (nSPS) is 12.5. The molecule has 0 unspecified atom stereocenters. The maximum atomic E-state index is 13.5. The van der Waals surface area contributed by atoms with E-state index < -0.39 is 7.44 Å². The molecule has 4 heteroatoms. The molecule has 0 amide bonds. The summed E-state index contributed by atoms with van der Waals surface area (Å²) in [7, 11) is -2.36. The lowest BCUT2D eigenvalue weighted by Gasteiger charge is -2.37. The number of rotatable bonds is 14. The Kier molecular flexibility index (Phi) is 12.8. The molecule has 0 aromatic carbocycles. The fourth-order valence-corrected chi connectivity index (χ4v) is 4.92. The molecule has 0 fully saturated rings. The van der Waals surface area contributed by atoms with Crippen LogP contribution in [0.25, 0.3) is 0 Å². The zero-order valence-corrected chi connectivity index (χ0v) is 16.1. The van der Waals surface area contributed by atoms with Crippen LogP contribution in [0.3, 0.4) is 0 Å². The molecule has 0 aromatic rings. The molecule has 0 aliphatic rings. The van der Waals surface area contributed by atoms with Gasteiger partial charge in [-0.1, -0.05) is 53.4 Å². The van der Waals surface area contributed by atoms with Gasteiger partial charge in [-0.2, -0.15) is 0 Å². The van der Waals surface area contributed by atoms with Gasteiger partial charge in [-0.15, -0.1) is 0 Å². The molecule has 0 heterocycles. The summed E-state index contributed by atoms with van der Waals surface area (Å²) in [6.07, 6.45) is 9.29. The summed E-state index contributed by atoms with van der Waals surface area (Å²) in [4.78, 5) is 0. The average molecular weight is 318 g/mol. The number of hydrogen-bond acceptors (Lipinski definition) is 1. The standard InChI is InChI=1S/C17H39N2OP/c1-6-10-14-18(15-11-7-2)21(5,20)19(16-12-8-3)17-13-9-4/h6-17H2,1-5H3. The van der Waals surface area contributed by atoms with Gasteiger partial charge in [0.1, 0.15) is 0 Å². The summed E-state index contributed by atoms with van der Waals surface area (Å²) >= 11 is 0. The summed E-state index contributed by atoms with van der Waals surface area (Å²) in [5.41, 5.74) is 0. The molecule has 21 heavy (non-hydrogen) atoms. The lowest BCUT2D eigenvalue weighted by atomic mass is 10.3. The second kappa shape index (κ2) is 12.7. The van der Waals surface area contributed by atoms with Gasteiger partial charge in [0.2, 0.25) is 7.44 Å². The molecule has 0 N–H and O–H groups in total. The summed E-state index contributed by atoms with van der Waals surface area (Å²) in [5, 5.41) is 0. The van der Waals surface area contributed by atoms with Gasteiger partial charge in [-0.25, -0.2) is 9.34 Å². The number of nitrogens with zero attached hydrogens (tertiary/aromatic N) is 2. The van der Waals surface area contributed by atoms with Crippen LogP contribution in [0.4, 0.5) is 0 Å². The predicted molar refractivity (Wildman–Crippen MR) is 96.3 cm³/mol. The van der Waals surface area contributed by atoms with Gasteiger partial charge in [-0.3, -0.25) is 4.57 Å². The molecule has 0 aliphatic carbocycles. The van der Waals surface area contributed by atoms with Crippen LogP contribution in [-0.4, -0.2) is 42.2 Å². The lowest BCUT2D eigenvalue weighted by molar-refractivity contribution is 0.321. The molecule has 0 aliphatic heterocycles. The van der Waals surface area contributed by atoms with Crippen molar-refractivity contribution in [1.29, 1.82) is 0 Å². The molecular weight excluding hydrogens is 279 g/mol. The molecule has 0 saturated heterocycles. The van der Waals surface area contributed by atoms with Crippen LogP contribution in [0, 0.1) is 0 Å². The Balaban J connectivity index is 4.89. The zero-order chi connectivity index (χ0) is 16.1. The van der Waals surface area contributed by atoms with Gasteiger partial charge >= 0.3 is 0 Å². The zero-order valence-electron chi connectivity index (χ0n) is 15.2. The van der Waals surface area contributed by atoms with E-state index in [1.807, 2.05) is 6.66 Å². The maximum absolute atomic E-state index is 13.5. The molecule has 128 valence electrons. The van der Waals surface area contributed by atoms with Crippen LogP contribution < -0.4 is 0 Å². The van der Waals surface area contributed by atoms with Gasteiger partial charge in [0.05, 0.1) is 0 Å². The van der Waals surface area contributed by atoms with Crippen molar-refractivity contribution in [3.05, 3.63) is 0 Å². The van der Waals surface area contributed by atoms with Crippen LogP contribution in [0.5, 0.6) is 0 Å². The van der Waals surface area contributed by atoms with Gasteiger partial charge in [0.15, 0.2) is 0 Å². The highest BCUT2D eigenvalue weighted by molar-refractivity contribution is 7.58. The Morgan fingerprint density at radius 3 is 1.05 bits per heavy atom. The average Bonchev–Trinajstić information content (AvgIpc) is 2.47. The van der Waals surface area contributed by atoms with Crippen molar-refractivity contribution in [2.45, 2.75) is 79.1 Å². The van der Waals surface area contributed by atoms with Crippen LogP contribution in [0.2, 0.25) is 0 Å². The minimum atomic E-state index is -2.36. The van der Waals surface area contributed by atoms with Crippen LogP contribution in [0.1, 0.15) is 79.1 Å². The van der Waals surface area contributed by atoms with Crippen LogP contribution in [0.15, 0.2) is 0 Å². The molecular formula is C17H39N2OP. The molecule has 0 aromatic heterocycles. The third-order valence-corrected chi connectivity index (χ3v) is 7.03. The highest BCUT2D eigenvalue weighted by atomic mass is 31.2. The maximum Gasteiger partial charge on any atom is 0.213 e. The summed E-state index contributed by atoms with van der Waals surface area (Å²) in [6, 6.07) is 0. The van der Waals surface area contributed by atoms with E-state index in [0.29, 0.717) is 0 Å². The largest absolute Gasteiger partial charge is 0.289 e. The third-order valence-electron chi connectivity index (χ3n) is 4.13. The molecule has 0 atom stereocenters. The fourth-order valence-electron chi connectivity index (χ4n) is 2.51. The van der Waals surface area contributed by atoms with Crippen molar-refractivity contribution >= 4 is 7.44 Å². The Hall–Kier alpha value is 0.150. The summed E-state index contributed by atoms with van der Waals surface area (Å²) in [6.45, 7) is 14.8. The van der Waals surface area contributed by atoms with Gasteiger partial charge in [0, 0.05) is 32.8 Å². The molecule has 0 spiro atoms. The first-order valence-electron chi connectivity index (χ1n) is 9.12. The second-order valence-electron chi connectivity index (χ2n) is 6.16. The monoisotopic (exact) mass is 318 g/mol. The Bertz CT molecular complexity index is 244. The topological polar surface area (TPSA) is 23.6 Å². The van der Waals surface area contributed by atoms with E-state index in [2.05, 4.69) is 37.0 Å². The van der Waals surface area contributed by atoms with Crippen molar-refractivity contribution in [1.82, 2.24) is 9.34 Å². The Morgan fingerprint density at radius 1 is 0.619 bits per heavy atom. The number of hydrogen-bond donors (Lipinski definition) is 0. The smallest absolute Gasteiger partial charge is 0.213 e. The van der Waals surface area contributed by atoms with E-state index in [1.54, 1.807) is 0 Å². The van der Waals surface area contributed by atoms with Crippen molar-refractivity contribution in [2.24, 2.45) is 0 Å². The molecule has 0 bridgehead atoms. The van der Waals surface area contributed by atoms with Gasteiger partial charge in [0.25, 0.3) is 0 Å². The van der Waals surface area contributed by atoms with Crippen molar-refractivity contribution in [3.63, 3.8) is 0 Å². The van der Waals surface area contributed by atoms with Crippen molar-refractivity contribution in [3.8, 4) is 0 Å². The second-order valence-corrected chi connectivity index (χ2v) is 8.96. The quantitative estimate of drug-likeness (QED) is 0.389. The highest BCUT2D eigenvalue weighted by Crippen LogP contribution is 2.50. The third kappa shape index (κ3) is 8.38. The molecule has 0 rings (SSSR count). The van der Waals surface area contributed by atoms with Crippen molar-refractivity contribution in [2.75, 3.05) is 32.8 Å². The summed E-state index contributed by atoms with van der Waals surface area (Å²) in [5.74, 6) is 0. The van der Waals surface area contributed by atoms with E-state index in [-0.39, 0.29) is 0 Å². The molecule has 0 saturated carbocycles. The van der Waals surface area contributed by atoms with Crippen molar-refractivity contribution < 1.29 is 4.57 Å². The first-order chi connectivity index (χ1) is 10.0. The van der Waals surface area contributed by atoms with E-state index in [4.69, 9.17) is 0 Å². The van der Waals surface area contributed by atoms with Crippen LogP contribution >= 0.6 is 7.44 Å². The van der Waals surface area contributed by atoms with E-state index in [1.165, 1.54) is 25.7 Å². The minimum Gasteiger partial charge on any atom is -0.289 e. The van der Waals surface area contributed by atoms with Gasteiger partial charge in [-0.05, 0) is 25.7 Å². The van der Waals surface area contributed by atoms with E-state index >= 15 is 0 Å². The first kappa shape index (κ1) is 21.1. The first-order valence-corrected chi connectivity index (χ1v) is 11.2. The molecule has 0 radical (unpaired) electrons. The SMILES string of the molecule is CCCCN(CCCC)P(C)(=O)N(CCCC)CCCC. The molecule has 3 nitrogen and oxygen atoms in total. The predicted octanol–water partition coefficient (Wildman–Crippen LogP) is 5.61. The van der Waals surface area contributed by atoms with E-state index in [9.17, 15) is 4.57 Å². The van der Waals surface area contributed by atoms with Gasteiger partial charge < -0.3 is 0 Å². The summed E-state index contributed by atoms with van der Waals surface area (Å²) < 4.78 is 18.1. The Labute approximate surface area is 134 Å². The lowest BCUT2D eigenvalue weighted by Crippen LogP contribution is -2.34. The van der Waals surface area contributed by atoms with Crippen LogP contribution in [-0.2, 0) is 4.57 Å². The fraction of sp³-hybridized carbons (Fsp3) is 1.00. The van der Waals surface area contributed by atoms with E-state index in [0.717, 1.165) is 51.9 Å². The minimum absolute atomic E-state index is 0.985. The Morgan fingerprint density at radius 2 is 0.857 bits per heavy atom. The number of unbranched alkanes of at least 4 members (excludes halogenated alkanes) is 4. The highest BCUT2D eigenvalue weighted by Gasteiger charge is 2.30.